The molecule has 1 unspecified atom stereocenters. The Labute approximate surface area is 120 Å². The number of aliphatic hydroxyl groups is 1. The van der Waals surface area contributed by atoms with E-state index in [2.05, 4.69) is 5.32 Å². The molecule has 5 nitrogen and oxygen atoms in total. The maximum Gasteiger partial charge on any atom is 0.258 e. The molecule has 0 aliphatic carbocycles. The number of ether oxygens (including phenoxy) is 1. The quantitative estimate of drug-likeness (QED) is 0.772. The summed E-state index contributed by atoms with van der Waals surface area (Å²) in [4.78, 5) is 13.5. The van der Waals surface area contributed by atoms with Crippen LogP contribution in [-0.2, 0) is 4.79 Å². The van der Waals surface area contributed by atoms with Crippen LogP contribution in [-0.4, -0.2) is 55.8 Å². The molecule has 0 saturated heterocycles. The number of nitrogens with one attached hydrogen (secondary N) is 1. The van der Waals surface area contributed by atoms with E-state index in [0.717, 1.165) is 11.1 Å². The van der Waals surface area contributed by atoms with Gasteiger partial charge < -0.3 is 20.1 Å². The van der Waals surface area contributed by atoms with Crippen molar-refractivity contribution < 1.29 is 14.6 Å². The van der Waals surface area contributed by atoms with Crippen LogP contribution in [0.25, 0.3) is 0 Å². The first kappa shape index (κ1) is 16.5. The zero-order valence-electron chi connectivity index (χ0n) is 12.6. The van der Waals surface area contributed by atoms with Gasteiger partial charge in [-0.15, -0.1) is 0 Å². The van der Waals surface area contributed by atoms with Gasteiger partial charge in [0.15, 0.2) is 6.61 Å². The van der Waals surface area contributed by atoms with Gasteiger partial charge >= 0.3 is 0 Å². The Bertz CT molecular complexity index is 426. The lowest BCUT2D eigenvalue weighted by molar-refractivity contribution is -0.123. The van der Waals surface area contributed by atoms with Crippen LogP contribution in [0.2, 0.25) is 0 Å². The van der Waals surface area contributed by atoms with E-state index < -0.39 is 6.10 Å². The highest BCUT2D eigenvalue weighted by molar-refractivity contribution is 5.77. The molecule has 112 valence electrons. The molecule has 5 heteroatoms. The van der Waals surface area contributed by atoms with Crippen molar-refractivity contribution >= 4 is 5.91 Å². The molecule has 0 fully saturated rings. The minimum Gasteiger partial charge on any atom is -0.484 e. The van der Waals surface area contributed by atoms with Crippen LogP contribution in [0.4, 0.5) is 0 Å². The molecule has 1 aromatic rings. The summed E-state index contributed by atoms with van der Waals surface area (Å²) in [5.41, 5.74) is 2.20. The summed E-state index contributed by atoms with van der Waals surface area (Å²) in [6.45, 7) is 4.66. The van der Waals surface area contributed by atoms with Crippen LogP contribution in [0.15, 0.2) is 18.2 Å². The lowest BCUT2D eigenvalue weighted by Crippen LogP contribution is -2.39. The van der Waals surface area contributed by atoms with Gasteiger partial charge in [-0.25, -0.2) is 0 Å². The zero-order chi connectivity index (χ0) is 15.1. The van der Waals surface area contributed by atoms with Crippen LogP contribution in [0.5, 0.6) is 5.75 Å². The third kappa shape index (κ3) is 6.54. The number of amides is 1. The standard InChI is InChI=1S/C15H24N2O3/c1-11-5-12(2)7-14(6-11)20-10-15(19)16-8-13(18)9-17(3)4/h5-7,13,18H,8-10H2,1-4H3,(H,16,19). The summed E-state index contributed by atoms with van der Waals surface area (Å²) in [6.07, 6.45) is -0.574. The second-order valence-electron chi connectivity index (χ2n) is 5.33. The van der Waals surface area contributed by atoms with Crippen LogP contribution in [0, 0.1) is 13.8 Å². The van der Waals surface area contributed by atoms with E-state index in [0.29, 0.717) is 12.3 Å². The number of hydrogen-bond acceptors (Lipinski definition) is 4. The third-order valence-electron chi connectivity index (χ3n) is 2.68. The van der Waals surface area contributed by atoms with Crippen LogP contribution in [0.3, 0.4) is 0 Å². The van der Waals surface area contributed by atoms with E-state index in [1.165, 1.54) is 0 Å². The van der Waals surface area contributed by atoms with Crippen molar-refractivity contribution in [3.05, 3.63) is 29.3 Å². The maximum absolute atomic E-state index is 11.6. The predicted molar refractivity (Wildman–Crippen MR) is 79.0 cm³/mol. The lowest BCUT2D eigenvalue weighted by atomic mass is 10.1. The van der Waals surface area contributed by atoms with Crippen molar-refractivity contribution in [3.63, 3.8) is 0 Å². The first-order chi connectivity index (χ1) is 9.36. The first-order valence-corrected chi connectivity index (χ1v) is 6.67. The van der Waals surface area contributed by atoms with Gasteiger partial charge in [0.2, 0.25) is 0 Å². The normalized spacial score (nSPS) is 12.3. The first-order valence-electron chi connectivity index (χ1n) is 6.67. The number of hydrogen-bond donors (Lipinski definition) is 2. The fourth-order valence-corrected chi connectivity index (χ4v) is 1.93. The molecule has 1 atom stereocenters. The van der Waals surface area contributed by atoms with E-state index in [9.17, 15) is 9.90 Å². The molecule has 2 N–H and O–H groups in total. The zero-order valence-corrected chi connectivity index (χ0v) is 12.6. The van der Waals surface area contributed by atoms with Gasteiger partial charge in [-0.1, -0.05) is 6.07 Å². The molecule has 20 heavy (non-hydrogen) atoms. The Balaban J connectivity index is 2.32. The van der Waals surface area contributed by atoms with Crippen LogP contribution in [0.1, 0.15) is 11.1 Å². The van der Waals surface area contributed by atoms with Crippen molar-refractivity contribution in [1.29, 1.82) is 0 Å². The summed E-state index contributed by atoms with van der Waals surface area (Å²) in [7, 11) is 3.74. The largest absolute Gasteiger partial charge is 0.484 e. The second kappa shape index (κ2) is 7.87. The van der Waals surface area contributed by atoms with Crippen LogP contribution >= 0.6 is 0 Å². The predicted octanol–water partition coefficient (Wildman–Crippen LogP) is 0.721. The minimum atomic E-state index is -0.574. The monoisotopic (exact) mass is 280 g/mol. The summed E-state index contributed by atoms with van der Waals surface area (Å²) in [5.74, 6) is 0.452. The van der Waals surface area contributed by atoms with E-state index in [1.54, 1.807) is 0 Å². The molecule has 0 radical (unpaired) electrons. The number of rotatable bonds is 7. The Morgan fingerprint density at radius 2 is 1.90 bits per heavy atom. The Morgan fingerprint density at radius 3 is 2.45 bits per heavy atom. The topological polar surface area (TPSA) is 61.8 Å². The fraction of sp³-hybridized carbons (Fsp3) is 0.533. The Kier molecular flexibility index (Phi) is 6.48. The van der Waals surface area contributed by atoms with Gasteiger partial charge in [0, 0.05) is 13.1 Å². The van der Waals surface area contributed by atoms with E-state index in [1.807, 2.05) is 51.0 Å². The van der Waals surface area contributed by atoms with Gasteiger partial charge in [-0.05, 0) is 51.2 Å². The number of carbonyl (C=O) groups excluding carboxylic acids is 1. The van der Waals surface area contributed by atoms with Crippen molar-refractivity contribution in [2.75, 3.05) is 33.8 Å². The Morgan fingerprint density at radius 1 is 1.30 bits per heavy atom. The average Bonchev–Trinajstić information content (AvgIpc) is 2.32. The van der Waals surface area contributed by atoms with E-state index in [-0.39, 0.29) is 19.1 Å². The fourth-order valence-electron chi connectivity index (χ4n) is 1.93. The van der Waals surface area contributed by atoms with Crippen molar-refractivity contribution in [2.24, 2.45) is 0 Å². The number of nitrogens with zero attached hydrogens (tertiary/aromatic N) is 1. The molecule has 0 saturated carbocycles. The molecule has 0 aliphatic heterocycles. The van der Waals surface area contributed by atoms with E-state index >= 15 is 0 Å². The summed E-state index contributed by atoms with van der Waals surface area (Å²) in [6, 6.07) is 5.83. The van der Waals surface area contributed by atoms with Gasteiger partial charge in [-0.3, -0.25) is 4.79 Å². The number of likely N-dealkylation sites (N-methyl/N-ethyl adjacent to an activating group) is 1. The van der Waals surface area contributed by atoms with Gasteiger partial charge in [0.05, 0.1) is 6.10 Å². The molecule has 0 heterocycles. The van der Waals surface area contributed by atoms with Gasteiger partial charge in [0.1, 0.15) is 5.75 Å². The third-order valence-corrected chi connectivity index (χ3v) is 2.68. The van der Waals surface area contributed by atoms with Crippen molar-refractivity contribution in [3.8, 4) is 5.75 Å². The highest BCUT2D eigenvalue weighted by Crippen LogP contribution is 2.15. The summed E-state index contributed by atoms with van der Waals surface area (Å²) in [5, 5.41) is 12.3. The van der Waals surface area contributed by atoms with Gasteiger partial charge in [0.25, 0.3) is 5.91 Å². The minimum absolute atomic E-state index is 0.0441. The molecule has 1 amide bonds. The highest BCUT2D eigenvalue weighted by atomic mass is 16.5. The van der Waals surface area contributed by atoms with Crippen molar-refractivity contribution in [1.82, 2.24) is 10.2 Å². The molecule has 1 aromatic carbocycles. The molecule has 0 bridgehead atoms. The molecular formula is C15H24N2O3. The lowest BCUT2D eigenvalue weighted by Gasteiger charge is -2.16. The second-order valence-corrected chi connectivity index (χ2v) is 5.33. The summed E-state index contributed by atoms with van der Waals surface area (Å²) < 4.78 is 5.44. The van der Waals surface area contributed by atoms with Crippen LogP contribution < -0.4 is 10.1 Å². The van der Waals surface area contributed by atoms with E-state index in [4.69, 9.17) is 4.74 Å². The highest BCUT2D eigenvalue weighted by Gasteiger charge is 2.08. The van der Waals surface area contributed by atoms with Crippen molar-refractivity contribution in [2.45, 2.75) is 20.0 Å². The smallest absolute Gasteiger partial charge is 0.258 e. The number of carbonyl (C=O) groups is 1. The Hall–Kier alpha value is -1.59. The number of aliphatic hydroxyl groups excluding tert-OH is 1. The maximum atomic E-state index is 11.6. The molecule has 0 aliphatic rings. The molecule has 1 rings (SSSR count). The SMILES string of the molecule is Cc1cc(C)cc(OCC(=O)NCC(O)CN(C)C)c1. The number of aryl methyl sites for hydroxylation is 2. The molecule has 0 spiro atoms. The number of benzene rings is 1. The summed E-state index contributed by atoms with van der Waals surface area (Å²) >= 11 is 0. The molecule has 0 aromatic heterocycles. The molecular weight excluding hydrogens is 256 g/mol. The van der Waals surface area contributed by atoms with Gasteiger partial charge in [-0.2, -0.15) is 0 Å². The average molecular weight is 280 g/mol.